The largest absolute Gasteiger partial charge is 2.00 e. The van der Waals surface area contributed by atoms with Crippen molar-refractivity contribution in [2.24, 2.45) is 0 Å². The maximum absolute atomic E-state index is 9.98. The predicted molar refractivity (Wildman–Crippen MR) is 68.1 cm³/mol. The van der Waals surface area contributed by atoms with Gasteiger partial charge in [0.05, 0.1) is 11.9 Å². The fourth-order valence-corrected chi connectivity index (χ4v) is 0.925. The molecule has 0 bridgehead atoms. The molecule has 10 N–H and O–H groups in total. The Hall–Kier alpha value is -2.29. The van der Waals surface area contributed by atoms with Gasteiger partial charge in [-0.1, -0.05) is 10.3 Å². The number of carboxylic acid groups (broad SMARTS) is 2. The predicted octanol–water partition coefficient (Wildman–Crippen LogP) is -4.80. The van der Waals surface area contributed by atoms with Gasteiger partial charge >= 0.3 is 16.8 Å². The van der Waals surface area contributed by atoms with Gasteiger partial charge < -0.3 is 50.8 Å². The summed E-state index contributed by atoms with van der Waals surface area (Å²) in [7, 11) is 0. The molecule has 0 saturated heterocycles. The Labute approximate surface area is 139 Å². The molecule has 0 saturated carbocycles. The normalized spacial score (nSPS) is 7.39. The summed E-state index contributed by atoms with van der Waals surface area (Å²) in [5, 5.41) is 26.3. The number of nitrogens with zero attached hydrogens (tertiary/aromatic N) is 2. The minimum absolute atomic E-state index is 0. The second-order valence-corrected chi connectivity index (χ2v) is 3.22. The van der Waals surface area contributed by atoms with Gasteiger partial charge in [0.25, 0.3) is 0 Å². The van der Waals surface area contributed by atoms with Crippen LogP contribution in [0.25, 0.3) is 0 Å². The van der Waals surface area contributed by atoms with Gasteiger partial charge in [-0.15, -0.1) is 0 Å². The van der Waals surface area contributed by atoms with Crippen LogP contribution in [0.4, 0.5) is 0 Å². The zero-order valence-electron chi connectivity index (χ0n) is 12.0. The first-order chi connectivity index (χ1) is 8.40. The molecule has 0 fully saturated rings. The van der Waals surface area contributed by atoms with E-state index >= 15 is 0 Å². The van der Waals surface area contributed by atoms with E-state index in [1.54, 1.807) is 13.8 Å². The Balaban J connectivity index is -0.0000000771. The number of carboxylic acids is 2. The van der Waals surface area contributed by atoms with Crippen molar-refractivity contribution in [3.8, 4) is 0 Å². The number of carbonyl (C=O) groups is 2. The average Bonchev–Trinajstić information content (AvgIpc) is 2.88. The first-order valence-electron chi connectivity index (χ1n) is 4.69. The minimum Gasteiger partial charge on any atom is -0.543 e. The van der Waals surface area contributed by atoms with E-state index in [0.29, 0.717) is 11.5 Å². The van der Waals surface area contributed by atoms with Gasteiger partial charge in [-0.25, -0.2) is 0 Å². The van der Waals surface area contributed by atoms with Gasteiger partial charge in [0.15, 0.2) is 0 Å². The van der Waals surface area contributed by atoms with E-state index in [1.807, 2.05) is 0 Å². The molecule has 135 valence electrons. The Morgan fingerprint density at radius 3 is 1.22 bits per heavy atom. The van der Waals surface area contributed by atoms with Gasteiger partial charge in [-0.3, -0.25) is 0 Å². The molecular formula is C10H18CoN2O10+2. The van der Waals surface area contributed by atoms with Gasteiger partial charge in [0.1, 0.15) is 22.9 Å². The van der Waals surface area contributed by atoms with E-state index in [1.165, 1.54) is 12.1 Å². The van der Waals surface area contributed by atoms with E-state index in [9.17, 15) is 19.8 Å². The average molecular weight is 385 g/mol. The number of aryl methyl sites for hydroxylation is 2. The Kier molecular flexibility index (Phi) is 20.7. The van der Waals surface area contributed by atoms with Crippen molar-refractivity contribution in [2.75, 3.05) is 0 Å². The quantitative estimate of drug-likeness (QED) is 0.451. The topological polar surface area (TPSA) is 261 Å². The fraction of sp³-hybridized carbons (Fsp3) is 0.200. The van der Waals surface area contributed by atoms with Crippen LogP contribution in [0.1, 0.15) is 32.5 Å². The van der Waals surface area contributed by atoms with Crippen molar-refractivity contribution in [2.45, 2.75) is 13.8 Å². The van der Waals surface area contributed by atoms with Gasteiger partial charge in [-0.2, -0.15) is 0 Å². The molecule has 2 heterocycles. The molecule has 0 aliphatic carbocycles. The minimum atomic E-state index is -1.31. The number of aromatic carboxylic acids is 2. The maximum atomic E-state index is 9.98. The molecule has 13 heteroatoms. The zero-order valence-corrected chi connectivity index (χ0v) is 13.0. The molecule has 1 radical (unpaired) electrons. The van der Waals surface area contributed by atoms with Crippen molar-refractivity contribution in [3.05, 3.63) is 35.0 Å². The SMILES string of the molecule is Cc1cc(C(=O)[O-])no1.Cc1cc(C(=O)[O-])no1.O.O.[Co+2].[OH3+].[OH3+]. The molecule has 0 aromatic carbocycles. The molecule has 2 rings (SSSR count). The first-order valence-corrected chi connectivity index (χ1v) is 4.69. The van der Waals surface area contributed by atoms with Gasteiger partial charge in [0, 0.05) is 12.1 Å². The van der Waals surface area contributed by atoms with Crippen LogP contribution >= 0.6 is 0 Å². The molecule has 0 aliphatic heterocycles. The summed E-state index contributed by atoms with van der Waals surface area (Å²) in [5.41, 5.74) is -0.319. The Bertz CT molecular complexity index is 517. The monoisotopic (exact) mass is 385 g/mol. The molecule has 0 amide bonds. The van der Waals surface area contributed by atoms with Crippen molar-refractivity contribution < 1.29 is 67.5 Å². The fourth-order valence-electron chi connectivity index (χ4n) is 0.925. The molecule has 2 aromatic heterocycles. The smallest absolute Gasteiger partial charge is 0.543 e. The van der Waals surface area contributed by atoms with E-state index in [4.69, 9.17) is 0 Å². The summed E-state index contributed by atoms with van der Waals surface area (Å²) in [6, 6.07) is 2.60. The van der Waals surface area contributed by atoms with E-state index in [0.717, 1.165) is 0 Å². The third kappa shape index (κ3) is 11.0. The van der Waals surface area contributed by atoms with Gasteiger partial charge in [0.2, 0.25) is 0 Å². The van der Waals surface area contributed by atoms with Crippen LogP contribution in [0.5, 0.6) is 0 Å². The number of rotatable bonds is 2. The number of hydrogen-bond acceptors (Lipinski definition) is 8. The number of aromatic nitrogens is 2. The summed E-state index contributed by atoms with van der Waals surface area (Å²) in [4.78, 5) is 20.0. The number of carbonyl (C=O) groups excluding carboxylic acids is 2. The van der Waals surface area contributed by atoms with E-state index in [2.05, 4.69) is 19.4 Å². The van der Waals surface area contributed by atoms with Crippen LogP contribution in [-0.2, 0) is 27.7 Å². The van der Waals surface area contributed by atoms with Crippen LogP contribution in [-0.4, -0.2) is 33.2 Å². The zero-order chi connectivity index (χ0) is 13.7. The Morgan fingerprint density at radius 1 is 0.870 bits per heavy atom. The molecule has 0 unspecified atom stereocenters. The van der Waals surface area contributed by atoms with Crippen molar-refractivity contribution in [1.29, 1.82) is 0 Å². The third-order valence-electron chi connectivity index (χ3n) is 1.67. The van der Waals surface area contributed by atoms with Crippen LogP contribution in [0, 0.1) is 13.8 Å². The molecule has 0 spiro atoms. The second-order valence-electron chi connectivity index (χ2n) is 3.22. The Morgan fingerprint density at radius 2 is 1.13 bits per heavy atom. The van der Waals surface area contributed by atoms with Crippen LogP contribution in [0.15, 0.2) is 21.2 Å². The summed E-state index contributed by atoms with van der Waals surface area (Å²) in [6.45, 7) is 3.22. The molecule has 2 aromatic rings. The van der Waals surface area contributed by atoms with Crippen molar-refractivity contribution >= 4 is 11.9 Å². The molecule has 12 nitrogen and oxygen atoms in total. The second kappa shape index (κ2) is 14.6. The first kappa shape index (κ1) is 32.6. The molecule has 0 aliphatic rings. The summed E-state index contributed by atoms with van der Waals surface area (Å²) in [5.74, 6) is -1.69. The van der Waals surface area contributed by atoms with Crippen LogP contribution in [0.2, 0.25) is 0 Å². The summed E-state index contributed by atoms with van der Waals surface area (Å²) in [6.07, 6.45) is 0. The van der Waals surface area contributed by atoms with Gasteiger partial charge in [-0.05, 0) is 13.8 Å². The van der Waals surface area contributed by atoms with E-state index < -0.39 is 11.9 Å². The van der Waals surface area contributed by atoms with Crippen LogP contribution < -0.4 is 10.2 Å². The van der Waals surface area contributed by atoms with Crippen molar-refractivity contribution in [1.82, 2.24) is 10.3 Å². The summed E-state index contributed by atoms with van der Waals surface area (Å²) >= 11 is 0. The molecular weight excluding hydrogens is 367 g/mol. The molecule has 23 heavy (non-hydrogen) atoms. The standard InChI is InChI=1S/2C5H5NO3.Co.4H2O/c2*1-3-2-4(5(7)8)6-9-3;;;;;/h2*2H,1H3,(H,7,8);;4*1H2/q;;+2;;;;. The van der Waals surface area contributed by atoms with Crippen LogP contribution in [0.3, 0.4) is 0 Å². The number of hydrogen-bond donors (Lipinski definition) is 0. The summed E-state index contributed by atoms with van der Waals surface area (Å²) < 4.78 is 8.91. The van der Waals surface area contributed by atoms with E-state index in [-0.39, 0.29) is 50.1 Å². The third-order valence-corrected chi connectivity index (χ3v) is 1.67. The van der Waals surface area contributed by atoms with Crippen molar-refractivity contribution in [3.63, 3.8) is 0 Å². The molecule has 0 atom stereocenters. The maximum Gasteiger partial charge on any atom is 2.00 e.